The maximum atomic E-state index is 13.1. The molecule has 4 heteroatoms. The molecule has 0 radical (unpaired) electrons. The van der Waals surface area contributed by atoms with E-state index in [-0.39, 0.29) is 18.5 Å². The molecule has 0 amide bonds. The standard InChI is InChI=1S/C14H15FO3/c15-12-5-6-14(11(9-12)3-1-7-16)18-13-4-2-8-17-10-13/h5-6,9,13,16H,2,4,7-8,10H2. The van der Waals surface area contributed by atoms with Crippen molar-refractivity contribution in [1.29, 1.82) is 0 Å². The smallest absolute Gasteiger partial charge is 0.135 e. The topological polar surface area (TPSA) is 38.7 Å². The second-order valence-corrected chi connectivity index (χ2v) is 4.06. The Morgan fingerprint density at radius 2 is 2.39 bits per heavy atom. The summed E-state index contributed by atoms with van der Waals surface area (Å²) in [4.78, 5) is 0. The van der Waals surface area contributed by atoms with E-state index in [2.05, 4.69) is 11.8 Å². The lowest BCUT2D eigenvalue weighted by atomic mass is 10.1. The van der Waals surface area contributed by atoms with Crippen LogP contribution in [-0.2, 0) is 4.74 Å². The molecular weight excluding hydrogens is 235 g/mol. The summed E-state index contributed by atoms with van der Waals surface area (Å²) in [5.74, 6) is 5.35. The van der Waals surface area contributed by atoms with E-state index in [1.54, 1.807) is 6.07 Å². The highest BCUT2D eigenvalue weighted by Gasteiger charge is 2.16. The molecule has 2 rings (SSSR count). The largest absolute Gasteiger partial charge is 0.487 e. The zero-order valence-electron chi connectivity index (χ0n) is 9.99. The van der Waals surface area contributed by atoms with Crippen LogP contribution >= 0.6 is 0 Å². The number of aliphatic hydroxyl groups is 1. The van der Waals surface area contributed by atoms with Crippen molar-refractivity contribution in [2.45, 2.75) is 18.9 Å². The minimum absolute atomic E-state index is 0.0149. The third-order valence-electron chi connectivity index (χ3n) is 2.66. The molecule has 1 N–H and O–H groups in total. The minimum Gasteiger partial charge on any atom is -0.487 e. The van der Waals surface area contributed by atoms with Crippen LogP contribution in [0.4, 0.5) is 4.39 Å². The van der Waals surface area contributed by atoms with Gasteiger partial charge < -0.3 is 14.6 Å². The van der Waals surface area contributed by atoms with Crippen LogP contribution in [0.2, 0.25) is 0 Å². The third kappa shape index (κ3) is 3.46. The van der Waals surface area contributed by atoms with Gasteiger partial charge in [0.2, 0.25) is 0 Å². The van der Waals surface area contributed by atoms with Crippen molar-refractivity contribution >= 4 is 0 Å². The molecule has 0 aliphatic carbocycles. The summed E-state index contributed by atoms with van der Waals surface area (Å²) in [5.41, 5.74) is 0.453. The van der Waals surface area contributed by atoms with Crippen LogP contribution in [-0.4, -0.2) is 31.0 Å². The van der Waals surface area contributed by atoms with Crippen LogP contribution in [0.25, 0.3) is 0 Å². The second-order valence-electron chi connectivity index (χ2n) is 4.06. The van der Waals surface area contributed by atoms with Gasteiger partial charge in [-0.3, -0.25) is 0 Å². The van der Waals surface area contributed by atoms with E-state index in [1.165, 1.54) is 12.1 Å². The molecule has 0 spiro atoms. The fraction of sp³-hybridized carbons (Fsp3) is 0.429. The minimum atomic E-state index is -0.371. The van der Waals surface area contributed by atoms with Crippen molar-refractivity contribution in [3.8, 4) is 17.6 Å². The first kappa shape index (κ1) is 12.9. The summed E-state index contributed by atoms with van der Waals surface area (Å²) >= 11 is 0. The molecule has 1 fully saturated rings. The SMILES string of the molecule is OCC#Cc1cc(F)ccc1OC1CCCOC1. The second kappa shape index (κ2) is 6.39. The monoisotopic (exact) mass is 250 g/mol. The van der Waals surface area contributed by atoms with E-state index in [1.807, 2.05) is 0 Å². The molecule has 1 atom stereocenters. The van der Waals surface area contributed by atoms with E-state index < -0.39 is 0 Å². The average Bonchev–Trinajstić information content (AvgIpc) is 2.40. The van der Waals surface area contributed by atoms with Crippen molar-refractivity contribution in [3.05, 3.63) is 29.6 Å². The molecule has 1 saturated heterocycles. The van der Waals surface area contributed by atoms with E-state index in [4.69, 9.17) is 14.6 Å². The molecule has 1 unspecified atom stereocenters. The van der Waals surface area contributed by atoms with Gasteiger partial charge in [-0.2, -0.15) is 0 Å². The van der Waals surface area contributed by atoms with Crippen LogP contribution in [0.1, 0.15) is 18.4 Å². The molecule has 0 saturated carbocycles. The fourth-order valence-electron chi connectivity index (χ4n) is 1.82. The number of benzene rings is 1. The van der Waals surface area contributed by atoms with Crippen LogP contribution in [0.3, 0.4) is 0 Å². The van der Waals surface area contributed by atoms with Crippen LogP contribution in [0.5, 0.6) is 5.75 Å². The molecule has 0 aromatic heterocycles. The maximum absolute atomic E-state index is 13.1. The first-order valence-electron chi connectivity index (χ1n) is 5.93. The fourth-order valence-corrected chi connectivity index (χ4v) is 1.82. The van der Waals surface area contributed by atoms with Gasteiger partial charge in [-0.05, 0) is 31.0 Å². The highest BCUT2D eigenvalue weighted by molar-refractivity contribution is 5.46. The molecule has 1 aromatic carbocycles. The van der Waals surface area contributed by atoms with Crippen LogP contribution in [0, 0.1) is 17.7 Å². The Morgan fingerprint density at radius 1 is 1.50 bits per heavy atom. The van der Waals surface area contributed by atoms with Crippen molar-refractivity contribution in [2.75, 3.05) is 19.8 Å². The molecule has 3 nitrogen and oxygen atoms in total. The van der Waals surface area contributed by atoms with E-state index >= 15 is 0 Å². The van der Waals surface area contributed by atoms with Gasteiger partial charge in [-0.15, -0.1) is 0 Å². The van der Waals surface area contributed by atoms with E-state index in [0.29, 0.717) is 17.9 Å². The first-order chi connectivity index (χ1) is 8.79. The lowest BCUT2D eigenvalue weighted by Crippen LogP contribution is -2.28. The maximum Gasteiger partial charge on any atom is 0.135 e. The zero-order chi connectivity index (χ0) is 12.8. The van der Waals surface area contributed by atoms with Gasteiger partial charge in [-0.25, -0.2) is 4.39 Å². The predicted molar refractivity (Wildman–Crippen MR) is 64.8 cm³/mol. The van der Waals surface area contributed by atoms with Crippen molar-refractivity contribution in [1.82, 2.24) is 0 Å². The summed E-state index contributed by atoms with van der Waals surface area (Å²) in [6.07, 6.45) is 1.87. The van der Waals surface area contributed by atoms with Gasteiger partial charge in [0, 0.05) is 6.61 Å². The van der Waals surface area contributed by atoms with Gasteiger partial charge in [0.1, 0.15) is 24.3 Å². The average molecular weight is 250 g/mol. The van der Waals surface area contributed by atoms with Gasteiger partial charge in [0.25, 0.3) is 0 Å². The molecular formula is C14H15FO3. The van der Waals surface area contributed by atoms with Crippen molar-refractivity contribution in [2.24, 2.45) is 0 Å². The number of rotatable bonds is 2. The summed E-state index contributed by atoms with van der Waals surface area (Å²) in [7, 11) is 0. The first-order valence-corrected chi connectivity index (χ1v) is 5.93. The highest BCUT2D eigenvalue weighted by Crippen LogP contribution is 2.22. The predicted octanol–water partition coefficient (Wildman–Crippen LogP) is 1.73. The van der Waals surface area contributed by atoms with Gasteiger partial charge in [0.05, 0.1) is 12.2 Å². The van der Waals surface area contributed by atoms with Gasteiger partial charge in [0.15, 0.2) is 0 Å². The van der Waals surface area contributed by atoms with E-state index in [0.717, 1.165) is 19.4 Å². The highest BCUT2D eigenvalue weighted by atomic mass is 19.1. The lowest BCUT2D eigenvalue weighted by molar-refractivity contribution is 0.00729. The van der Waals surface area contributed by atoms with E-state index in [9.17, 15) is 4.39 Å². The molecule has 96 valence electrons. The Kier molecular flexibility index (Phi) is 4.57. The summed E-state index contributed by atoms with van der Waals surface area (Å²) in [5, 5.41) is 8.68. The normalized spacial score (nSPS) is 18.9. The third-order valence-corrected chi connectivity index (χ3v) is 2.66. The van der Waals surface area contributed by atoms with Gasteiger partial charge >= 0.3 is 0 Å². The van der Waals surface area contributed by atoms with Crippen LogP contribution in [0.15, 0.2) is 18.2 Å². The quantitative estimate of drug-likeness (QED) is 0.812. The Hall–Kier alpha value is -1.57. The number of hydrogen-bond donors (Lipinski definition) is 1. The summed E-state index contributed by atoms with van der Waals surface area (Å²) < 4.78 is 24.2. The molecule has 0 bridgehead atoms. The summed E-state index contributed by atoms with van der Waals surface area (Å²) in [6.45, 7) is 1.05. The molecule has 18 heavy (non-hydrogen) atoms. The van der Waals surface area contributed by atoms with Crippen molar-refractivity contribution in [3.63, 3.8) is 0 Å². The molecule has 1 aliphatic heterocycles. The van der Waals surface area contributed by atoms with Crippen LogP contribution < -0.4 is 4.74 Å². The lowest BCUT2D eigenvalue weighted by Gasteiger charge is -2.23. The molecule has 1 heterocycles. The molecule has 1 aliphatic rings. The van der Waals surface area contributed by atoms with Crippen molar-refractivity contribution < 1.29 is 19.0 Å². The summed E-state index contributed by atoms with van der Waals surface area (Å²) in [6, 6.07) is 4.20. The Bertz CT molecular complexity index is 456. The number of ether oxygens (including phenoxy) is 2. The molecule has 1 aromatic rings. The Morgan fingerprint density at radius 3 is 3.11 bits per heavy atom. The number of hydrogen-bond acceptors (Lipinski definition) is 3. The zero-order valence-corrected chi connectivity index (χ0v) is 9.99. The number of aliphatic hydroxyl groups excluding tert-OH is 1. The number of halogens is 1. The Balaban J connectivity index is 2.15. The van der Waals surface area contributed by atoms with Gasteiger partial charge in [-0.1, -0.05) is 11.8 Å². The Labute approximate surface area is 106 Å².